The van der Waals surface area contributed by atoms with E-state index < -0.39 is 5.78 Å². The molecule has 0 atom stereocenters. The zero-order valence-electron chi connectivity index (χ0n) is 16.1. The van der Waals surface area contributed by atoms with Crippen molar-refractivity contribution in [3.8, 4) is 23.0 Å². The SMILES string of the molecule is COCOc1c(O)cccc1C=CC(=O)CC(=O)C=Cc1ccc(OC)c(O)c1. The molecule has 0 radical (unpaired) electrons. The second-order valence-electron chi connectivity index (χ2n) is 5.95. The Morgan fingerprint density at radius 3 is 2.34 bits per heavy atom. The van der Waals surface area contributed by atoms with Crippen molar-refractivity contribution in [1.29, 1.82) is 0 Å². The number of phenolic OH excluding ortho intramolecular Hbond substituents is 2. The van der Waals surface area contributed by atoms with Gasteiger partial charge in [0.2, 0.25) is 0 Å². The van der Waals surface area contributed by atoms with Gasteiger partial charge in [0.05, 0.1) is 13.5 Å². The fourth-order valence-corrected chi connectivity index (χ4v) is 2.42. The first-order chi connectivity index (χ1) is 13.9. The first-order valence-electron chi connectivity index (χ1n) is 8.67. The highest BCUT2D eigenvalue weighted by Crippen LogP contribution is 2.31. The van der Waals surface area contributed by atoms with E-state index in [1.807, 2.05) is 0 Å². The van der Waals surface area contributed by atoms with Gasteiger partial charge in [-0.05, 0) is 42.0 Å². The maximum absolute atomic E-state index is 12.1. The highest BCUT2D eigenvalue weighted by Gasteiger charge is 2.09. The highest BCUT2D eigenvalue weighted by atomic mass is 16.7. The molecular weight excluding hydrogens is 376 g/mol. The molecule has 2 rings (SSSR count). The van der Waals surface area contributed by atoms with Crippen LogP contribution in [0.25, 0.3) is 12.2 Å². The molecule has 7 nitrogen and oxygen atoms in total. The van der Waals surface area contributed by atoms with Gasteiger partial charge in [-0.3, -0.25) is 9.59 Å². The number of methoxy groups -OCH3 is 2. The van der Waals surface area contributed by atoms with Crippen LogP contribution in [0.5, 0.6) is 23.0 Å². The molecule has 7 heteroatoms. The van der Waals surface area contributed by atoms with Crippen LogP contribution >= 0.6 is 0 Å². The lowest BCUT2D eigenvalue weighted by molar-refractivity contribution is -0.121. The summed E-state index contributed by atoms with van der Waals surface area (Å²) >= 11 is 0. The Morgan fingerprint density at radius 2 is 1.69 bits per heavy atom. The van der Waals surface area contributed by atoms with E-state index in [0.717, 1.165) is 0 Å². The summed E-state index contributed by atoms with van der Waals surface area (Å²) in [5.41, 5.74) is 1.08. The summed E-state index contributed by atoms with van der Waals surface area (Å²) in [7, 11) is 2.89. The Labute approximate surface area is 168 Å². The van der Waals surface area contributed by atoms with Gasteiger partial charge < -0.3 is 24.4 Å². The number of hydrogen-bond donors (Lipinski definition) is 2. The fraction of sp³-hybridized carbons (Fsp3) is 0.182. The standard InChI is InChI=1S/C22H22O7/c1-27-14-29-22-16(4-3-5-19(22)25)8-10-18(24)13-17(23)9-6-15-7-11-21(28-2)20(26)12-15/h3-12,25-26H,13-14H2,1-2H3. The molecule has 0 aliphatic rings. The number of para-hydroxylation sites is 1. The number of phenols is 2. The highest BCUT2D eigenvalue weighted by molar-refractivity contribution is 6.11. The molecule has 0 spiro atoms. The van der Waals surface area contributed by atoms with Gasteiger partial charge in [-0.2, -0.15) is 0 Å². The molecule has 0 amide bonds. The van der Waals surface area contributed by atoms with Crippen molar-refractivity contribution < 1.29 is 34.0 Å². The number of carbonyl (C=O) groups excluding carboxylic acids is 2. The molecule has 0 heterocycles. The van der Waals surface area contributed by atoms with Crippen molar-refractivity contribution in [2.75, 3.05) is 21.0 Å². The number of hydrogen-bond acceptors (Lipinski definition) is 7. The third-order valence-corrected chi connectivity index (χ3v) is 3.81. The molecule has 2 N–H and O–H groups in total. The summed E-state index contributed by atoms with van der Waals surface area (Å²) in [4.78, 5) is 24.1. The molecule has 2 aromatic carbocycles. The quantitative estimate of drug-likeness (QED) is 0.359. The van der Waals surface area contributed by atoms with Gasteiger partial charge in [0, 0.05) is 12.7 Å². The molecule has 0 aliphatic heterocycles. The van der Waals surface area contributed by atoms with Crippen molar-refractivity contribution in [2.24, 2.45) is 0 Å². The van der Waals surface area contributed by atoms with Crippen molar-refractivity contribution in [2.45, 2.75) is 6.42 Å². The van der Waals surface area contributed by atoms with Gasteiger partial charge in [-0.25, -0.2) is 0 Å². The van der Waals surface area contributed by atoms with Gasteiger partial charge >= 0.3 is 0 Å². The van der Waals surface area contributed by atoms with Crippen molar-refractivity contribution in [3.63, 3.8) is 0 Å². The summed E-state index contributed by atoms with van der Waals surface area (Å²) < 4.78 is 15.1. The van der Waals surface area contributed by atoms with Crippen molar-refractivity contribution in [3.05, 3.63) is 59.7 Å². The molecule has 0 fully saturated rings. The van der Waals surface area contributed by atoms with Crippen LogP contribution in [-0.2, 0) is 14.3 Å². The lowest BCUT2D eigenvalue weighted by atomic mass is 10.1. The maximum Gasteiger partial charge on any atom is 0.188 e. The second kappa shape index (κ2) is 10.7. The van der Waals surface area contributed by atoms with E-state index in [9.17, 15) is 19.8 Å². The predicted molar refractivity (Wildman–Crippen MR) is 108 cm³/mol. The zero-order chi connectivity index (χ0) is 21.2. The van der Waals surface area contributed by atoms with Gasteiger partial charge in [-0.1, -0.05) is 24.3 Å². The largest absolute Gasteiger partial charge is 0.504 e. The molecular formula is C22H22O7. The molecule has 0 unspecified atom stereocenters. The maximum atomic E-state index is 12.1. The summed E-state index contributed by atoms with van der Waals surface area (Å²) in [6.45, 7) is -0.0590. The van der Waals surface area contributed by atoms with Gasteiger partial charge in [0.15, 0.2) is 41.4 Å². The molecule has 2 aromatic rings. The van der Waals surface area contributed by atoms with Crippen molar-refractivity contribution >= 4 is 23.7 Å². The van der Waals surface area contributed by atoms with E-state index in [1.54, 1.807) is 24.3 Å². The first-order valence-corrected chi connectivity index (χ1v) is 8.67. The van der Waals surface area contributed by atoms with Crippen LogP contribution < -0.4 is 9.47 Å². The van der Waals surface area contributed by atoms with Crippen molar-refractivity contribution in [1.82, 2.24) is 0 Å². The normalized spacial score (nSPS) is 11.1. The number of allylic oxidation sites excluding steroid dienone is 2. The van der Waals surface area contributed by atoms with Crippen LogP contribution in [0.15, 0.2) is 48.6 Å². The fourth-order valence-electron chi connectivity index (χ4n) is 2.42. The Morgan fingerprint density at radius 1 is 0.966 bits per heavy atom. The molecule has 0 saturated carbocycles. The van der Waals surface area contributed by atoms with Gasteiger partial charge in [0.1, 0.15) is 0 Å². The molecule has 29 heavy (non-hydrogen) atoms. The number of carbonyl (C=O) groups is 2. The predicted octanol–water partition coefficient (Wildman–Crippen LogP) is 3.34. The minimum atomic E-state index is -0.404. The number of ether oxygens (including phenoxy) is 3. The number of aromatic hydroxyl groups is 2. The summed E-state index contributed by atoms with van der Waals surface area (Å²) in [5, 5.41) is 19.6. The van der Waals surface area contributed by atoms with Gasteiger partial charge in [0.25, 0.3) is 0 Å². The molecule has 0 aromatic heterocycles. The smallest absolute Gasteiger partial charge is 0.188 e. The lowest BCUT2D eigenvalue weighted by Gasteiger charge is -2.09. The minimum Gasteiger partial charge on any atom is -0.504 e. The topological polar surface area (TPSA) is 102 Å². The number of benzene rings is 2. The Hall–Kier alpha value is -3.58. The van der Waals surface area contributed by atoms with E-state index in [2.05, 4.69) is 0 Å². The Bertz CT molecular complexity index is 929. The van der Waals surface area contributed by atoms with E-state index in [4.69, 9.17) is 14.2 Å². The minimum absolute atomic E-state index is 0.0429. The second-order valence-corrected chi connectivity index (χ2v) is 5.95. The molecule has 0 bridgehead atoms. The van der Waals surface area contributed by atoms with Crippen LogP contribution in [-0.4, -0.2) is 42.8 Å². The summed E-state index contributed by atoms with van der Waals surface area (Å²) in [6, 6.07) is 9.42. The Balaban J connectivity index is 1.99. The third kappa shape index (κ3) is 6.51. The summed E-state index contributed by atoms with van der Waals surface area (Å²) in [5.74, 6) is -0.407. The summed E-state index contributed by atoms with van der Waals surface area (Å²) in [6.07, 6.45) is 5.17. The molecule has 152 valence electrons. The molecule has 0 saturated heterocycles. The average molecular weight is 398 g/mol. The van der Waals surface area contributed by atoms with Gasteiger partial charge in [-0.15, -0.1) is 0 Å². The van der Waals surface area contributed by atoms with E-state index in [0.29, 0.717) is 16.9 Å². The first kappa shape index (κ1) is 21.7. The van der Waals surface area contributed by atoms with E-state index in [-0.39, 0.29) is 36.2 Å². The number of ketones is 2. The monoisotopic (exact) mass is 398 g/mol. The van der Waals surface area contributed by atoms with Crippen LogP contribution in [0.3, 0.4) is 0 Å². The zero-order valence-corrected chi connectivity index (χ0v) is 16.1. The average Bonchev–Trinajstić information content (AvgIpc) is 2.70. The van der Waals surface area contributed by atoms with Crippen LogP contribution in [0.4, 0.5) is 0 Å². The Kier molecular flexibility index (Phi) is 8.00. The van der Waals surface area contributed by atoms with Crippen LogP contribution in [0.2, 0.25) is 0 Å². The number of rotatable bonds is 10. The van der Waals surface area contributed by atoms with Crippen LogP contribution in [0.1, 0.15) is 17.5 Å². The van der Waals surface area contributed by atoms with E-state index in [1.165, 1.54) is 50.7 Å². The lowest BCUT2D eigenvalue weighted by Crippen LogP contribution is -2.02. The third-order valence-electron chi connectivity index (χ3n) is 3.81. The van der Waals surface area contributed by atoms with E-state index >= 15 is 0 Å². The van der Waals surface area contributed by atoms with Crippen LogP contribution in [0, 0.1) is 0 Å². The molecule has 0 aliphatic carbocycles.